The zero-order valence-electron chi connectivity index (χ0n) is 9.07. The second kappa shape index (κ2) is 5.35. The minimum absolute atomic E-state index is 0.132. The molecule has 0 radical (unpaired) electrons. The van der Waals surface area contributed by atoms with E-state index in [-0.39, 0.29) is 6.61 Å². The van der Waals surface area contributed by atoms with Gasteiger partial charge in [0.15, 0.2) is 0 Å². The third-order valence-electron chi connectivity index (χ3n) is 2.61. The van der Waals surface area contributed by atoms with Gasteiger partial charge in [0, 0.05) is 23.6 Å². The standard InChI is InChI=1S/C10H21NO2S/c1-10(2)3-4-11(5-6-14-10)7-9(13)8-12/h9,12-13H,3-8H2,1-2H3. The van der Waals surface area contributed by atoms with Crippen LogP contribution in [-0.4, -0.2) is 58.0 Å². The summed E-state index contributed by atoms with van der Waals surface area (Å²) in [7, 11) is 0. The van der Waals surface area contributed by atoms with Gasteiger partial charge >= 0.3 is 0 Å². The molecule has 0 spiro atoms. The molecule has 4 heteroatoms. The molecule has 1 fully saturated rings. The SMILES string of the molecule is CC1(C)CCN(CC(O)CO)CCS1. The van der Waals surface area contributed by atoms with Crippen LogP contribution in [-0.2, 0) is 0 Å². The lowest BCUT2D eigenvalue weighted by molar-refractivity contribution is 0.0607. The molecular formula is C10H21NO2S. The van der Waals surface area contributed by atoms with Crippen LogP contribution in [0.15, 0.2) is 0 Å². The molecule has 1 heterocycles. The number of aliphatic hydroxyl groups excluding tert-OH is 2. The fourth-order valence-corrected chi connectivity index (χ4v) is 2.74. The molecule has 0 amide bonds. The first-order valence-corrected chi connectivity index (χ1v) is 6.17. The maximum absolute atomic E-state index is 9.33. The van der Waals surface area contributed by atoms with Gasteiger partial charge in [-0.15, -0.1) is 0 Å². The van der Waals surface area contributed by atoms with Gasteiger partial charge in [-0.3, -0.25) is 4.90 Å². The van der Waals surface area contributed by atoms with Crippen LogP contribution in [0.4, 0.5) is 0 Å². The van der Waals surface area contributed by atoms with Crippen molar-refractivity contribution in [1.82, 2.24) is 4.90 Å². The molecule has 0 bridgehead atoms. The van der Waals surface area contributed by atoms with Gasteiger partial charge in [0.2, 0.25) is 0 Å². The van der Waals surface area contributed by atoms with E-state index in [2.05, 4.69) is 18.7 Å². The Bertz CT molecular complexity index is 176. The smallest absolute Gasteiger partial charge is 0.0897 e. The van der Waals surface area contributed by atoms with Crippen molar-refractivity contribution < 1.29 is 10.2 Å². The van der Waals surface area contributed by atoms with Gasteiger partial charge in [0.05, 0.1) is 12.7 Å². The second-order valence-corrected chi connectivity index (χ2v) is 6.30. The Hall–Kier alpha value is 0.230. The summed E-state index contributed by atoms with van der Waals surface area (Å²) in [5.74, 6) is 1.12. The molecule has 14 heavy (non-hydrogen) atoms. The van der Waals surface area contributed by atoms with Crippen molar-refractivity contribution >= 4 is 11.8 Å². The van der Waals surface area contributed by atoms with Crippen LogP contribution in [0.2, 0.25) is 0 Å². The van der Waals surface area contributed by atoms with Gasteiger partial charge in [-0.05, 0) is 13.0 Å². The third kappa shape index (κ3) is 4.17. The predicted octanol–water partition coefficient (Wildman–Crippen LogP) is 0.557. The third-order valence-corrected chi connectivity index (χ3v) is 3.98. The molecule has 1 atom stereocenters. The van der Waals surface area contributed by atoms with E-state index in [1.54, 1.807) is 0 Å². The van der Waals surface area contributed by atoms with Gasteiger partial charge < -0.3 is 10.2 Å². The van der Waals surface area contributed by atoms with Crippen LogP contribution < -0.4 is 0 Å². The molecule has 1 saturated heterocycles. The molecule has 0 aliphatic carbocycles. The van der Waals surface area contributed by atoms with E-state index in [0.29, 0.717) is 11.3 Å². The zero-order chi connectivity index (χ0) is 10.6. The lowest BCUT2D eigenvalue weighted by Gasteiger charge is -2.23. The molecule has 0 aromatic carbocycles. The second-order valence-electron chi connectivity index (χ2n) is 4.50. The Kier molecular flexibility index (Phi) is 4.70. The molecule has 0 saturated carbocycles. The summed E-state index contributed by atoms with van der Waals surface area (Å²) in [6, 6.07) is 0. The van der Waals surface area contributed by atoms with Crippen molar-refractivity contribution in [2.45, 2.75) is 31.1 Å². The van der Waals surface area contributed by atoms with E-state index < -0.39 is 6.10 Å². The number of β-amino-alcohol motifs (C(OH)–C–C–N with tert-alkyl or cyclic N) is 1. The Morgan fingerprint density at radius 2 is 2.14 bits per heavy atom. The lowest BCUT2D eigenvalue weighted by Crippen LogP contribution is -2.36. The number of rotatable bonds is 3. The lowest BCUT2D eigenvalue weighted by atomic mass is 10.1. The Morgan fingerprint density at radius 3 is 2.79 bits per heavy atom. The normalized spacial score (nSPS) is 25.7. The number of aliphatic hydroxyl groups is 2. The molecule has 84 valence electrons. The fourth-order valence-electron chi connectivity index (χ4n) is 1.60. The van der Waals surface area contributed by atoms with E-state index in [0.717, 1.165) is 25.3 Å². The fraction of sp³-hybridized carbons (Fsp3) is 1.00. The maximum Gasteiger partial charge on any atom is 0.0897 e. The molecule has 1 rings (SSSR count). The van der Waals surface area contributed by atoms with Crippen molar-refractivity contribution in [3.63, 3.8) is 0 Å². The van der Waals surface area contributed by atoms with Crippen LogP contribution in [0.5, 0.6) is 0 Å². The topological polar surface area (TPSA) is 43.7 Å². The summed E-state index contributed by atoms with van der Waals surface area (Å²) in [5, 5.41) is 18.1. The monoisotopic (exact) mass is 219 g/mol. The molecule has 1 aliphatic heterocycles. The molecule has 2 N–H and O–H groups in total. The molecule has 1 unspecified atom stereocenters. The highest BCUT2D eigenvalue weighted by Crippen LogP contribution is 2.30. The van der Waals surface area contributed by atoms with E-state index in [1.807, 2.05) is 11.8 Å². The zero-order valence-corrected chi connectivity index (χ0v) is 9.89. The summed E-state index contributed by atoms with van der Waals surface area (Å²) >= 11 is 1.99. The molecule has 0 aromatic heterocycles. The van der Waals surface area contributed by atoms with Gasteiger partial charge in [-0.2, -0.15) is 11.8 Å². The molecule has 0 aromatic rings. The van der Waals surface area contributed by atoms with Crippen molar-refractivity contribution in [1.29, 1.82) is 0 Å². The highest BCUT2D eigenvalue weighted by atomic mass is 32.2. The first-order chi connectivity index (χ1) is 6.53. The number of hydrogen-bond acceptors (Lipinski definition) is 4. The molecule has 3 nitrogen and oxygen atoms in total. The molecular weight excluding hydrogens is 198 g/mol. The molecule has 1 aliphatic rings. The van der Waals surface area contributed by atoms with Crippen LogP contribution >= 0.6 is 11.8 Å². The van der Waals surface area contributed by atoms with Crippen LogP contribution in [0.3, 0.4) is 0 Å². The average Bonchev–Trinajstić information content (AvgIpc) is 2.28. The first kappa shape index (κ1) is 12.3. The Balaban J connectivity index is 2.35. The van der Waals surface area contributed by atoms with E-state index >= 15 is 0 Å². The van der Waals surface area contributed by atoms with Gasteiger partial charge in [0.1, 0.15) is 0 Å². The van der Waals surface area contributed by atoms with E-state index in [1.165, 1.54) is 0 Å². The number of nitrogens with zero attached hydrogens (tertiary/aromatic N) is 1. The van der Waals surface area contributed by atoms with Gasteiger partial charge in [-0.25, -0.2) is 0 Å². The first-order valence-electron chi connectivity index (χ1n) is 5.19. The summed E-state index contributed by atoms with van der Waals surface area (Å²) in [4.78, 5) is 2.24. The maximum atomic E-state index is 9.33. The summed E-state index contributed by atoms with van der Waals surface area (Å²) in [5.41, 5.74) is 0. The Morgan fingerprint density at radius 1 is 1.43 bits per heavy atom. The van der Waals surface area contributed by atoms with Crippen molar-refractivity contribution in [2.24, 2.45) is 0 Å². The van der Waals surface area contributed by atoms with Crippen molar-refractivity contribution in [3.05, 3.63) is 0 Å². The van der Waals surface area contributed by atoms with Gasteiger partial charge in [-0.1, -0.05) is 13.8 Å². The summed E-state index contributed by atoms with van der Waals surface area (Å²) in [6.07, 6.45) is 0.566. The van der Waals surface area contributed by atoms with Crippen LogP contribution in [0.25, 0.3) is 0 Å². The highest BCUT2D eigenvalue weighted by molar-refractivity contribution is 8.00. The minimum atomic E-state index is -0.582. The average molecular weight is 219 g/mol. The highest BCUT2D eigenvalue weighted by Gasteiger charge is 2.24. The van der Waals surface area contributed by atoms with E-state index in [9.17, 15) is 5.11 Å². The van der Waals surface area contributed by atoms with E-state index in [4.69, 9.17) is 5.11 Å². The van der Waals surface area contributed by atoms with Gasteiger partial charge in [0.25, 0.3) is 0 Å². The Labute approximate surface area is 90.5 Å². The van der Waals surface area contributed by atoms with Crippen molar-refractivity contribution in [3.8, 4) is 0 Å². The number of hydrogen-bond donors (Lipinski definition) is 2. The summed E-state index contributed by atoms with van der Waals surface area (Å²) < 4.78 is 0.360. The quantitative estimate of drug-likeness (QED) is 0.728. The largest absolute Gasteiger partial charge is 0.394 e. The minimum Gasteiger partial charge on any atom is -0.394 e. The summed E-state index contributed by atoms with van der Waals surface area (Å²) in [6.45, 7) is 7.05. The van der Waals surface area contributed by atoms with Crippen molar-refractivity contribution in [2.75, 3.05) is 32.0 Å². The van der Waals surface area contributed by atoms with Crippen LogP contribution in [0, 0.1) is 0 Å². The predicted molar refractivity (Wildman–Crippen MR) is 60.7 cm³/mol. The number of thioether (sulfide) groups is 1. The van der Waals surface area contributed by atoms with Crippen LogP contribution in [0.1, 0.15) is 20.3 Å².